The molecule has 0 heterocycles. The summed E-state index contributed by atoms with van der Waals surface area (Å²) in [5.41, 5.74) is 1.33. The summed E-state index contributed by atoms with van der Waals surface area (Å²) in [5, 5.41) is 16.8. The number of rotatable bonds is 8. The van der Waals surface area contributed by atoms with Crippen molar-refractivity contribution >= 4 is 21.8 Å². The minimum absolute atomic E-state index is 0.126. The van der Waals surface area contributed by atoms with Gasteiger partial charge >= 0.3 is 0 Å². The van der Waals surface area contributed by atoms with Crippen LogP contribution < -0.4 is 10.6 Å². The molecular weight excluding hydrogens is 430 g/mol. The van der Waals surface area contributed by atoms with Gasteiger partial charge in [0.15, 0.2) is 0 Å². The molecule has 0 aromatic heterocycles. The number of hydrogen-bond donors (Lipinski definition) is 3. The zero-order valence-corrected chi connectivity index (χ0v) is 17.1. The SMILES string of the molecule is CC(=O)N[C@@H](Cc1cc(F)cc(F)c1)[C@@H](O)CNC1(c2cccc(Br)c2)CC1. The molecule has 3 N–H and O–H groups in total. The van der Waals surface area contributed by atoms with Crippen molar-refractivity contribution < 1.29 is 18.7 Å². The molecule has 1 aliphatic rings. The smallest absolute Gasteiger partial charge is 0.217 e. The summed E-state index contributed by atoms with van der Waals surface area (Å²) in [7, 11) is 0. The van der Waals surface area contributed by atoms with Gasteiger partial charge in [-0.3, -0.25) is 4.79 Å². The van der Waals surface area contributed by atoms with Crippen LogP contribution in [0.2, 0.25) is 0 Å². The van der Waals surface area contributed by atoms with Crippen molar-refractivity contribution in [3.63, 3.8) is 0 Å². The molecule has 28 heavy (non-hydrogen) atoms. The number of carbonyl (C=O) groups excluding carboxylic acids is 1. The van der Waals surface area contributed by atoms with Gasteiger partial charge in [-0.05, 0) is 54.7 Å². The molecule has 0 radical (unpaired) electrons. The fraction of sp³-hybridized carbons (Fsp3) is 0.381. The van der Waals surface area contributed by atoms with E-state index < -0.39 is 23.8 Å². The number of aliphatic hydroxyl groups is 1. The molecule has 0 saturated heterocycles. The Kier molecular flexibility index (Phi) is 6.47. The highest BCUT2D eigenvalue weighted by Gasteiger charge is 2.44. The van der Waals surface area contributed by atoms with Gasteiger partial charge in [-0.15, -0.1) is 0 Å². The maximum atomic E-state index is 13.5. The molecule has 0 spiro atoms. The number of nitrogens with one attached hydrogen (secondary N) is 2. The third kappa shape index (κ3) is 5.37. The van der Waals surface area contributed by atoms with Gasteiger partial charge in [0.1, 0.15) is 11.6 Å². The molecular formula is C21H23BrF2N2O2. The lowest BCUT2D eigenvalue weighted by molar-refractivity contribution is -0.120. The molecule has 1 amide bonds. The van der Waals surface area contributed by atoms with E-state index in [9.17, 15) is 18.7 Å². The summed E-state index contributed by atoms with van der Waals surface area (Å²) in [6, 6.07) is 10.6. The van der Waals surface area contributed by atoms with Gasteiger partial charge in [-0.1, -0.05) is 28.1 Å². The monoisotopic (exact) mass is 452 g/mol. The van der Waals surface area contributed by atoms with Crippen LogP contribution in [-0.2, 0) is 16.8 Å². The first-order chi connectivity index (χ1) is 13.3. The predicted molar refractivity (Wildman–Crippen MR) is 107 cm³/mol. The van der Waals surface area contributed by atoms with Crippen molar-refractivity contribution in [2.45, 2.75) is 43.9 Å². The first kappa shape index (κ1) is 20.9. The maximum absolute atomic E-state index is 13.5. The number of amides is 1. The maximum Gasteiger partial charge on any atom is 0.217 e. The molecule has 0 unspecified atom stereocenters. The van der Waals surface area contributed by atoms with E-state index >= 15 is 0 Å². The molecule has 0 aliphatic heterocycles. The van der Waals surface area contributed by atoms with E-state index in [1.807, 2.05) is 24.3 Å². The second-order valence-electron chi connectivity index (χ2n) is 7.33. The minimum atomic E-state index is -0.917. The Hall–Kier alpha value is -1.83. The predicted octanol–water partition coefficient (Wildman–Crippen LogP) is 3.41. The lowest BCUT2D eigenvalue weighted by Gasteiger charge is -2.27. The van der Waals surface area contributed by atoms with E-state index in [0.717, 1.165) is 28.9 Å². The molecule has 7 heteroatoms. The standard InChI is InChI=1S/C21H23BrF2N2O2/c1-13(27)26-19(9-14-7-17(23)11-18(24)8-14)20(28)12-25-21(5-6-21)15-3-2-4-16(22)10-15/h2-4,7-8,10-11,19-20,25,28H,5-6,9,12H2,1H3,(H,26,27)/t19-,20-/m0/s1. The van der Waals surface area contributed by atoms with E-state index in [0.29, 0.717) is 5.56 Å². The average molecular weight is 453 g/mol. The van der Waals surface area contributed by atoms with Crippen LogP contribution in [0.25, 0.3) is 0 Å². The molecule has 1 fully saturated rings. The van der Waals surface area contributed by atoms with Crippen LogP contribution in [0.15, 0.2) is 46.9 Å². The average Bonchev–Trinajstić information content (AvgIpc) is 3.39. The summed E-state index contributed by atoms with van der Waals surface area (Å²) in [4.78, 5) is 11.6. The largest absolute Gasteiger partial charge is 0.390 e. The van der Waals surface area contributed by atoms with Gasteiger partial charge in [0.2, 0.25) is 5.91 Å². The topological polar surface area (TPSA) is 61.4 Å². The quantitative estimate of drug-likeness (QED) is 0.574. The molecule has 2 aromatic carbocycles. The fourth-order valence-electron chi connectivity index (χ4n) is 3.45. The zero-order chi connectivity index (χ0) is 20.3. The Bertz CT molecular complexity index is 838. The van der Waals surface area contributed by atoms with E-state index in [1.165, 1.54) is 19.1 Å². The van der Waals surface area contributed by atoms with E-state index in [1.54, 1.807) is 0 Å². The summed E-state index contributed by atoms with van der Waals surface area (Å²) in [6.45, 7) is 1.60. The third-order valence-corrected chi connectivity index (χ3v) is 5.50. The fourth-order valence-corrected chi connectivity index (χ4v) is 3.85. The lowest BCUT2D eigenvalue weighted by atomic mass is 9.99. The highest BCUT2D eigenvalue weighted by molar-refractivity contribution is 9.10. The van der Waals surface area contributed by atoms with Crippen LogP contribution in [0.4, 0.5) is 8.78 Å². The lowest BCUT2D eigenvalue weighted by Crippen LogP contribution is -2.49. The second kappa shape index (κ2) is 8.68. The number of aliphatic hydroxyl groups excluding tert-OH is 1. The molecule has 3 rings (SSSR count). The Balaban J connectivity index is 1.68. The van der Waals surface area contributed by atoms with Gasteiger partial charge in [-0.25, -0.2) is 8.78 Å². The van der Waals surface area contributed by atoms with Crippen molar-refractivity contribution in [1.82, 2.24) is 10.6 Å². The Morgan fingerprint density at radius 2 is 1.89 bits per heavy atom. The third-order valence-electron chi connectivity index (χ3n) is 5.01. The first-order valence-electron chi connectivity index (χ1n) is 9.19. The van der Waals surface area contributed by atoms with Crippen LogP contribution in [0.1, 0.15) is 30.9 Å². The summed E-state index contributed by atoms with van der Waals surface area (Å²) in [6.07, 6.45) is 1.12. The Labute approximate surface area is 171 Å². The normalized spacial score (nSPS) is 17.0. The molecule has 2 aromatic rings. The number of hydrogen-bond acceptors (Lipinski definition) is 3. The molecule has 1 saturated carbocycles. The zero-order valence-electron chi connectivity index (χ0n) is 15.5. The molecule has 2 atom stereocenters. The second-order valence-corrected chi connectivity index (χ2v) is 8.25. The first-order valence-corrected chi connectivity index (χ1v) is 9.98. The van der Waals surface area contributed by atoms with E-state index in [2.05, 4.69) is 26.6 Å². The summed E-state index contributed by atoms with van der Waals surface area (Å²) in [5.74, 6) is -1.68. The molecule has 150 valence electrons. The van der Waals surface area contributed by atoms with Gasteiger partial charge < -0.3 is 15.7 Å². The van der Waals surface area contributed by atoms with Crippen molar-refractivity contribution in [3.8, 4) is 0 Å². The van der Waals surface area contributed by atoms with Crippen molar-refractivity contribution in [1.29, 1.82) is 0 Å². The number of benzene rings is 2. The van der Waals surface area contributed by atoms with Crippen LogP contribution in [0.3, 0.4) is 0 Å². The molecule has 4 nitrogen and oxygen atoms in total. The van der Waals surface area contributed by atoms with Gasteiger partial charge in [0, 0.05) is 29.5 Å². The van der Waals surface area contributed by atoms with E-state index in [4.69, 9.17) is 0 Å². The Morgan fingerprint density at radius 1 is 1.21 bits per heavy atom. The van der Waals surface area contributed by atoms with Crippen LogP contribution in [-0.4, -0.2) is 29.7 Å². The highest BCUT2D eigenvalue weighted by atomic mass is 79.9. The van der Waals surface area contributed by atoms with Crippen molar-refractivity contribution in [2.24, 2.45) is 0 Å². The molecule has 0 bridgehead atoms. The number of halogens is 3. The van der Waals surface area contributed by atoms with Crippen LogP contribution >= 0.6 is 15.9 Å². The van der Waals surface area contributed by atoms with E-state index in [-0.39, 0.29) is 24.4 Å². The van der Waals surface area contributed by atoms with Crippen LogP contribution in [0, 0.1) is 11.6 Å². The van der Waals surface area contributed by atoms with Gasteiger partial charge in [0.05, 0.1) is 12.1 Å². The number of carbonyl (C=O) groups is 1. The van der Waals surface area contributed by atoms with Gasteiger partial charge in [-0.2, -0.15) is 0 Å². The minimum Gasteiger partial charge on any atom is -0.390 e. The van der Waals surface area contributed by atoms with Crippen molar-refractivity contribution in [2.75, 3.05) is 6.54 Å². The molecule has 1 aliphatic carbocycles. The van der Waals surface area contributed by atoms with Crippen molar-refractivity contribution in [3.05, 3.63) is 69.7 Å². The Morgan fingerprint density at radius 3 is 2.46 bits per heavy atom. The van der Waals surface area contributed by atoms with Crippen LogP contribution in [0.5, 0.6) is 0 Å². The van der Waals surface area contributed by atoms with Gasteiger partial charge in [0.25, 0.3) is 0 Å². The summed E-state index contributed by atoms with van der Waals surface area (Å²) >= 11 is 3.48. The highest BCUT2D eigenvalue weighted by Crippen LogP contribution is 2.45. The summed E-state index contributed by atoms with van der Waals surface area (Å²) < 4.78 is 27.9.